The average molecular weight is 244 g/mol. The molecule has 2 rings (SSSR count). The van der Waals surface area contributed by atoms with E-state index in [0.717, 1.165) is 28.3 Å². The van der Waals surface area contributed by atoms with Gasteiger partial charge in [0.1, 0.15) is 5.75 Å². The number of nitrogens with two attached hydrogens (primary N) is 1. The second-order valence-corrected chi connectivity index (χ2v) is 4.07. The molecular formula is C13H16N4O. The summed E-state index contributed by atoms with van der Waals surface area (Å²) in [6.45, 7) is 3.92. The number of aromatic nitrogens is 2. The van der Waals surface area contributed by atoms with Crippen LogP contribution in [0.4, 0.5) is 5.95 Å². The van der Waals surface area contributed by atoms with Crippen molar-refractivity contribution in [3.05, 3.63) is 35.5 Å². The molecule has 5 heteroatoms. The molecule has 0 radical (unpaired) electrons. The molecule has 1 aromatic heterocycles. The Morgan fingerprint density at radius 2 is 1.94 bits per heavy atom. The van der Waals surface area contributed by atoms with E-state index in [1.165, 1.54) is 0 Å². The van der Waals surface area contributed by atoms with Crippen LogP contribution in [0, 0.1) is 13.8 Å². The van der Waals surface area contributed by atoms with Crippen LogP contribution in [0.15, 0.2) is 24.3 Å². The molecule has 94 valence electrons. The molecule has 0 saturated heterocycles. The highest BCUT2D eigenvalue weighted by Crippen LogP contribution is 2.30. The van der Waals surface area contributed by atoms with Crippen LogP contribution in [0.25, 0.3) is 11.3 Å². The Morgan fingerprint density at radius 1 is 1.17 bits per heavy atom. The quantitative estimate of drug-likeness (QED) is 0.638. The van der Waals surface area contributed by atoms with Gasteiger partial charge in [0.25, 0.3) is 0 Å². The van der Waals surface area contributed by atoms with Crippen LogP contribution >= 0.6 is 0 Å². The molecule has 0 spiro atoms. The van der Waals surface area contributed by atoms with Gasteiger partial charge in [0, 0.05) is 11.3 Å². The first-order valence-electron chi connectivity index (χ1n) is 5.61. The first-order valence-corrected chi connectivity index (χ1v) is 5.61. The molecule has 1 heterocycles. The van der Waals surface area contributed by atoms with Crippen molar-refractivity contribution in [2.24, 2.45) is 5.84 Å². The van der Waals surface area contributed by atoms with Crippen LogP contribution in [0.3, 0.4) is 0 Å². The lowest BCUT2D eigenvalue weighted by molar-refractivity contribution is 0.416. The number of rotatable bonds is 3. The van der Waals surface area contributed by atoms with Crippen LogP contribution in [0.1, 0.15) is 11.3 Å². The zero-order chi connectivity index (χ0) is 13.1. The van der Waals surface area contributed by atoms with E-state index < -0.39 is 0 Å². The summed E-state index contributed by atoms with van der Waals surface area (Å²) in [7, 11) is 1.64. The van der Waals surface area contributed by atoms with Gasteiger partial charge < -0.3 is 4.74 Å². The van der Waals surface area contributed by atoms with E-state index in [1.54, 1.807) is 7.11 Å². The van der Waals surface area contributed by atoms with E-state index >= 15 is 0 Å². The Bertz CT molecular complexity index is 569. The van der Waals surface area contributed by atoms with Crippen LogP contribution in [-0.2, 0) is 0 Å². The van der Waals surface area contributed by atoms with Gasteiger partial charge >= 0.3 is 0 Å². The highest BCUT2D eigenvalue weighted by atomic mass is 16.5. The Kier molecular flexibility index (Phi) is 3.43. The summed E-state index contributed by atoms with van der Waals surface area (Å²) in [6, 6.07) is 7.86. The number of ether oxygens (including phenoxy) is 1. The summed E-state index contributed by atoms with van der Waals surface area (Å²) in [4.78, 5) is 8.51. The lowest BCUT2D eigenvalue weighted by atomic mass is 10.1. The van der Waals surface area contributed by atoms with Gasteiger partial charge in [0.15, 0.2) is 0 Å². The molecule has 0 fully saturated rings. The maximum atomic E-state index is 5.36. The molecular weight excluding hydrogens is 228 g/mol. The zero-order valence-corrected chi connectivity index (χ0v) is 10.7. The summed E-state index contributed by atoms with van der Waals surface area (Å²) in [5.41, 5.74) is 6.17. The van der Waals surface area contributed by atoms with Crippen molar-refractivity contribution in [3.8, 4) is 17.0 Å². The van der Waals surface area contributed by atoms with Crippen molar-refractivity contribution >= 4 is 5.95 Å². The largest absolute Gasteiger partial charge is 0.496 e. The molecule has 0 amide bonds. The van der Waals surface area contributed by atoms with Crippen LogP contribution in [0.2, 0.25) is 0 Å². The normalized spacial score (nSPS) is 10.2. The molecule has 0 atom stereocenters. The minimum atomic E-state index is 0.397. The first-order chi connectivity index (χ1) is 8.63. The van der Waals surface area contributed by atoms with Gasteiger partial charge in [-0.2, -0.15) is 0 Å². The van der Waals surface area contributed by atoms with Gasteiger partial charge in [0.05, 0.1) is 12.8 Å². The molecule has 1 aromatic carbocycles. The fourth-order valence-corrected chi connectivity index (χ4v) is 1.79. The van der Waals surface area contributed by atoms with Crippen molar-refractivity contribution in [2.45, 2.75) is 13.8 Å². The number of methoxy groups -OCH3 is 1. The number of anilines is 1. The monoisotopic (exact) mass is 244 g/mol. The molecule has 0 aliphatic rings. The molecule has 5 nitrogen and oxygen atoms in total. The maximum Gasteiger partial charge on any atom is 0.237 e. The van der Waals surface area contributed by atoms with Gasteiger partial charge in [-0.15, -0.1) is 0 Å². The van der Waals surface area contributed by atoms with Crippen LogP contribution in [0.5, 0.6) is 5.75 Å². The van der Waals surface area contributed by atoms with E-state index in [2.05, 4.69) is 15.4 Å². The Labute approximate surface area is 106 Å². The van der Waals surface area contributed by atoms with Crippen molar-refractivity contribution in [3.63, 3.8) is 0 Å². The molecule has 0 saturated carbocycles. The third-order valence-corrected chi connectivity index (χ3v) is 2.61. The smallest absolute Gasteiger partial charge is 0.237 e. The number of hydrazine groups is 1. The molecule has 3 N–H and O–H groups in total. The lowest BCUT2D eigenvalue weighted by Gasteiger charge is -2.10. The number of hydrogen-bond acceptors (Lipinski definition) is 5. The van der Waals surface area contributed by atoms with Crippen molar-refractivity contribution < 1.29 is 4.74 Å². The van der Waals surface area contributed by atoms with Crippen LogP contribution in [-0.4, -0.2) is 17.1 Å². The number of benzene rings is 1. The lowest BCUT2D eigenvalue weighted by Crippen LogP contribution is -2.11. The third kappa shape index (κ3) is 2.41. The summed E-state index contributed by atoms with van der Waals surface area (Å²) >= 11 is 0. The predicted molar refractivity (Wildman–Crippen MR) is 71.3 cm³/mol. The second kappa shape index (κ2) is 5.01. The maximum absolute atomic E-state index is 5.36. The van der Waals surface area contributed by atoms with E-state index in [4.69, 9.17) is 10.6 Å². The van der Waals surface area contributed by atoms with Crippen molar-refractivity contribution in [1.29, 1.82) is 0 Å². The molecule has 0 unspecified atom stereocenters. The van der Waals surface area contributed by atoms with Crippen molar-refractivity contribution in [1.82, 2.24) is 9.97 Å². The first kappa shape index (κ1) is 12.3. The van der Waals surface area contributed by atoms with Gasteiger partial charge in [-0.3, -0.25) is 5.43 Å². The number of hydrogen-bond donors (Lipinski definition) is 2. The summed E-state index contributed by atoms with van der Waals surface area (Å²) in [6.07, 6.45) is 0. The molecule has 2 aromatic rings. The Morgan fingerprint density at radius 3 is 2.61 bits per heavy atom. The summed E-state index contributed by atoms with van der Waals surface area (Å²) in [5.74, 6) is 6.54. The Balaban J connectivity index is 2.60. The molecule has 0 bridgehead atoms. The molecule has 0 aliphatic heterocycles. The van der Waals surface area contributed by atoms with Crippen molar-refractivity contribution in [2.75, 3.05) is 12.5 Å². The standard InChI is InChI=1S/C13H16N4O/c1-8-4-5-12(18-3)10(6-8)11-7-9(2)15-13(16-11)17-14/h4-7H,14H2,1-3H3,(H,15,16,17). The van der Waals surface area contributed by atoms with Crippen LogP contribution < -0.4 is 16.0 Å². The zero-order valence-electron chi connectivity index (χ0n) is 10.7. The fourth-order valence-electron chi connectivity index (χ4n) is 1.79. The molecule has 18 heavy (non-hydrogen) atoms. The number of aryl methyl sites for hydroxylation is 2. The average Bonchev–Trinajstić information content (AvgIpc) is 2.38. The Hall–Kier alpha value is -2.14. The molecule has 0 aliphatic carbocycles. The highest BCUT2D eigenvalue weighted by Gasteiger charge is 2.09. The minimum Gasteiger partial charge on any atom is -0.496 e. The summed E-state index contributed by atoms with van der Waals surface area (Å²) < 4.78 is 5.36. The van der Waals surface area contributed by atoms with E-state index in [-0.39, 0.29) is 0 Å². The summed E-state index contributed by atoms with van der Waals surface area (Å²) in [5, 5.41) is 0. The number of nitrogen functional groups attached to an aromatic ring is 1. The van der Waals surface area contributed by atoms with E-state index in [9.17, 15) is 0 Å². The van der Waals surface area contributed by atoms with E-state index in [0.29, 0.717) is 5.95 Å². The number of nitrogens with one attached hydrogen (secondary N) is 1. The highest BCUT2D eigenvalue weighted by molar-refractivity contribution is 5.69. The van der Waals surface area contributed by atoms with Gasteiger partial charge in [0.2, 0.25) is 5.95 Å². The second-order valence-electron chi connectivity index (χ2n) is 4.07. The SMILES string of the molecule is COc1ccc(C)cc1-c1cc(C)nc(NN)n1. The topological polar surface area (TPSA) is 73.1 Å². The number of nitrogens with zero attached hydrogens (tertiary/aromatic N) is 2. The fraction of sp³-hybridized carbons (Fsp3) is 0.231. The minimum absolute atomic E-state index is 0.397. The van der Waals surface area contributed by atoms with Gasteiger partial charge in [-0.25, -0.2) is 15.8 Å². The van der Waals surface area contributed by atoms with E-state index in [1.807, 2.05) is 38.1 Å². The van der Waals surface area contributed by atoms with Gasteiger partial charge in [-0.05, 0) is 32.0 Å². The van der Waals surface area contributed by atoms with Gasteiger partial charge in [-0.1, -0.05) is 11.6 Å². The predicted octanol–water partition coefficient (Wildman–Crippen LogP) is 2.05. The third-order valence-electron chi connectivity index (χ3n) is 2.61.